The van der Waals surface area contributed by atoms with Crippen molar-refractivity contribution < 1.29 is 9.59 Å². The lowest BCUT2D eigenvalue weighted by atomic mass is 10.1. The fraction of sp³-hybridized carbons (Fsp3) is 0.250. The Morgan fingerprint density at radius 3 is 2.48 bits per heavy atom. The van der Waals surface area contributed by atoms with Crippen LogP contribution in [0.2, 0.25) is 0 Å². The van der Waals surface area contributed by atoms with E-state index in [0.717, 1.165) is 28.0 Å². The molecule has 2 heterocycles. The minimum Gasteiger partial charge on any atom is -0.311 e. The Hall–Kier alpha value is -3.74. The molecule has 1 aliphatic heterocycles. The standard InChI is InChI=1S/C24H24N4O3/c1-3-26(19-10-5-4-6-11-19)23(30)16-27-22(29)14-13-20(25-27)24(31)28-17(2)15-18-9-7-8-12-21(18)28/h4-14,17H,3,15-16H2,1-2H3. The largest absolute Gasteiger partial charge is 0.311 e. The van der Waals surface area contributed by atoms with Crippen LogP contribution in [-0.2, 0) is 17.8 Å². The maximum atomic E-state index is 13.2. The first-order chi connectivity index (χ1) is 15.0. The Labute approximate surface area is 180 Å². The second-order valence-electron chi connectivity index (χ2n) is 7.55. The van der Waals surface area contributed by atoms with Gasteiger partial charge in [0.15, 0.2) is 0 Å². The number of amides is 2. The second kappa shape index (κ2) is 8.55. The van der Waals surface area contributed by atoms with Gasteiger partial charge in [0.25, 0.3) is 11.5 Å². The first-order valence-electron chi connectivity index (χ1n) is 10.3. The Balaban J connectivity index is 1.60. The molecule has 0 saturated heterocycles. The van der Waals surface area contributed by atoms with Crippen LogP contribution in [0.25, 0.3) is 0 Å². The molecule has 1 atom stereocenters. The number of anilines is 2. The molecule has 1 aliphatic rings. The van der Waals surface area contributed by atoms with Crippen LogP contribution in [0.3, 0.4) is 0 Å². The van der Waals surface area contributed by atoms with E-state index in [1.54, 1.807) is 9.80 Å². The van der Waals surface area contributed by atoms with E-state index < -0.39 is 5.56 Å². The summed E-state index contributed by atoms with van der Waals surface area (Å²) in [5.41, 5.74) is 2.42. The number of carbonyl (C=O) groups excluding carboxylic acids is 2. The summed E-state index contributed by atoms with van der Waals surface area (Å²) in [6.45, 7) is 4.07. The average molecular weight is 416 g/mol. The molecule has 3 aromatic rings. The van der Waals surface area contributed by atoms with Crippen LogP contribution in [-0.4, -0.2) is 34.2 Å². The molecule has 7 heteroatoms. The quantitative estimate of drug-likeness (QED) is 0.641. The summed E-state index contributed by atoms with van der Waals surface area (Å²) in [5.74, 6) is -0.554. The third-order valence-electron chi connectivity index (χ3n) is 5.48. The lowest BCUT2D eigenvalue weighted by Gasteiger charge is -2.23. The van der Waals surface area contributed by atoms with Gasteiger partial charge in [-0.15, -0.1) is 0 Å². The number of rotatable bonds is 5. The van der Waals surface area contributed by atoms with E-state index in [2.05, 4.69) is 5.10 Å². The molecular formula is C24H24N4O3. The van der Waals surface area contributed by atoms with Crippen LogP contribution < -0.4 is 15.4 Å². The van der Waals surface area contributed by atoms with E-state index in [9.17, 15) is 14.4 Å². The topological polar surface area (TPSA) is 75.5 Å². The van der Waals surface area contributed by atoms with Gasteiger partial charge in [0.2, 0.25) is 5.91 Å². The summed E-state index contributed by atoms with van der Waals surface area (Å²) >= 11 is 0. The molecular weight excluding hydrogens is 392 g/mol. The van der Waals surface area contributed by atoms with Gasteiger partial charge in [-0.05, 0) is 50.1 Å². The third kappa shape index (κ3) is 3.99. The number of para-hydroxylation sites is 2. The summed E-state index contributed by atoms with van der Waals surface area (Å²) in [6.07, 6.45) is 0.766. The van der Waals surface area contributed by atoms with Gasteiger partial charge in [0.1, 0.15) is 12.2 Å². The number of hydrogen-bond acceptors (Lipinski definition) is 4. The van der Waals surface area contributed by atoms with Crippen LogP contribution in [0.5, 0.6) is 0 Å². The van der Waals surface area contributed by atoms with Crippen LogP contribution in [0.15, 0.2) is 71.5 Å². The second-order valence-corrected chi connectivity index (χ2v) is 7.55. The SMILES string of the molecule is CCN(C(=O)Cn1nc(C(=O)N2c3ccccc3CC2C)ccc1=O)c1ccccc1. The first kappa shape index (κ1) is 20.5. The molecule has 0 N–H and O–H groups in total. The van der Waals surface area contributed by atoms with Gasteiger partial charge < -0.3 is 9.80 Å². The number of fused-ring (bicyclic) bond motifs is 1. The molecule has 1 aromatic heterocycles. The minimum absolute atomic E-state index is 0.0117. The van der Waals surface area contributed by atoms with E-state index in [4.69, 9.17) is 0 Å². The average Bonchev–Trinajstić information content (AvgIpc) is 3.11. The molecule has 2 aromatic carbocycles. The number of benzene rings is 2. The molecule has 4 rings (SSSR count). The molecule has 0 radical (unpaired) electrons. The fourth-order valence-corrected chi connectivity index (χ4v) is 4.00. The smallest absolute Gasteiger partial charge is 0.278 e. The number of likely N-dealkylation sites (N-methyl/N-ethyl adjacent to an activating group) is 1. The maximum Gasteiger partial charge on any atom is 0.278 e. The van der Waals surface area contributed by atoms with Crippen molar-refractivity contribution in [3.63, 3.8) is 0 Å². The lowest BCUT2D eigenvalue weighted by molar-refractivity contribution is -0.119. The molecule has 0 fully saturated rings. The van der Waals surface area contributed by atoms with E-state index in [1.807, 2.05) is 68.4 Å². The van der Waals surface area contributed by atoms with Gasteiger partial charge in [-0.25, -0.2) is 4.68 Å². The highest BCUT2D eigenvalue weighted by Crippen LogP contribution is 2.32. The van der Waals surface area contributed by atoms with Gasteiger partial charge in [-0.2, -0.15) is 5.10 Å². The lowest BCUT2D eigenvalue weighted by Crippen LogP contribution is -2.40. The molecule has 0 aliphatic carbocycles. The van der Waals surface area contributed by atoms with Crippen molar-refractivity contribution >= 4 is 23.2 Å². The Morgan fingerprint density at radius 2 is 1.74 bits per heavy atom. The number of hydrogen-bond donors (Lipinski definition) is 0. The van der Waals surface area contributed by atoms with E-state index >= 15 is 0 Å². The number of carbonyl (C=O) groups is 2. The van der Waals surface area contributed by atoms with Crippen molar-refractivity contribution in [1.82, 2.24) is 9.78 Å². The number of nitrogens with zero attached hydrogens (tertiary/aromatic N) is 4. The predicted octanol–water partition coefficient (Wildman–Crippen LogP) is 2.89. The van der Waals surface area contributed by atoms with Gasteiger partial charge in [-0.3, -0.25) is 14.4 Å². The highest BCUT2D eigenvalue weighted by molar-refractivity contribution is 6.06. The van der Waals surface area contributed by atoms with Gasteiger partial charge in [0.05, 0.1) is 0 Å². The zero-order chi connectivity index (χ0) is 22.0. The van der Waals surface area contributed by atoms with Gasteiger partial charge in [-0.1, -0.05) is 36.4 Å². The van der Waals surface area contributed by atoms with Crippen LogP contribution in [0.4, 0.5) is 11.4 Å². The van der Waals surface area contributed by atoms with Crippen molar-refractivity contribution in [1.29, 1.82) is 0 Å². The van der Waals surface area contributed by atoms with Crippen molar-refractivity contribution in [2.75, 3.05) is 16.3 Å². The van der Waals surface area contributed by atoms with E-state index in [-0.39, 0.29) is 30.1 Å². The van der Waals surface area contributed by atoms with Crippen molar-refractivity contribution in [3.8, 4) is 0 Å². The minimum atomic E-state index is -0.427. The van der Waals surface area contributed by atoms with Crippen molar-refractivity contribution in [3.05, 3.63) is 88.3 Å². The molecule has 0 spiro atoms. The summed E-state index contributed by atoms with van der Waals surface area (Å²) in [4.78, 5) is 41.8. The molecule has 2 amide bonds. The first-order valence-corrected chi connectivity index (χ1v) is 10.3. The molecule has 0 bridgehead atoms. The zero-order valence-corrected chi connectivity index (χ0v) is 17.6. The van der Waals surface area contributed by atoms with Crippen LogP contribution in [0, 0.1) is 0 Å². The fourth-order valence-electron chi connectivity index (χ4n) is 4.00. The predicted molar refractivity (Wildman–Crippen MR) is 119 cm³/mol. The normalized spacial score (nSPS) is 14.9. The third-order valence-corrected chi connectivity index (χ3v) is 5.48. The molecule has 0 saturated carbocycles. The van der Waals surface area contributed by atoms with Crippen molar-refractivity contribution in [2.45, 2.75) is 32.9 Å². The summed E-state index contributed by atoms with van der Waals surface area (Å²) in [7, 11) is 0. The summed E-state index contributed by atoms with van der Waals surface area (Å²) in [5, 5.41) is 4.24. The van der Waals surface area contributed by atoms with E-state index in [0.29, 0.717) is 6.54 Å². The van der Waals surface area contributed by atoms with Crippen LogP contribution in [0.1, 0.15) is 29.9 Å². The molecule has 7 nitrogen and oxygen atoms in total. The highest BCUT2D eigenvalue weighted by atomic mass is 16.2. The summed E-state index contributed by atoms with van der Waals surface area (Å²) < 4.78 is 1.06. The summed E-state index contributed by atoms with van der Waals surface area (Å²) in [6, 6.07) is 19.7. The Bertz CT molecular complexity index is 1170. The zero-order valence-electron chi connectivity index (χ0n) is 17.6. The number of aromatic nitrogens is 2. The van der Waals surface area contributed by atoms with Gasteiger partial charge in [0, 0.05) is 30.0 Å². The van der Waals surface area contributed by atoms with Gasteiger partial charge >= 0.3 is 0 Å². The monoisotopic (exact) mass is 416 g/mol. The Morgan fingerprint density at radius 1 is 1.03 bits per heavy atom. The van der Waals surface area contributed by atoms with Crippen LogP contribution >= 0.6 is 0 Å². The Kier molecular flexibility index (Phi) is 5.66. The molecule has 31 heavy (non-hydrogen) atoms. The highest BCUT2D eigenvalue weighted by Gasteiger charge is 2.32. The van der Waals surface area contributed by atoms with E-state index in [1.165, 1.54) is 12.1 Å². The molecule has 158 valence electrons. The molecule has 1 unspecified atom stereocenters. The maximum absolute atomic E-state index is 13.2. The van der Waals surface area contributed by atoms with Crippen molar-refractivity contribution in [2.24, 2.45) is 0 Å².